The van der Waals surface area contributed by atoms with Gasteiger partial charge in [-0.15, -0.1) is 5.10 Å². The maximum atomic E-state index is 12.0. The van der Waals surface area contributed by atoms with Gasteiger partial charge in [-0.25, -0.2) is 0 Å². The van der Waals surface area contributed by atoms with Crippen LogP contribution < -0.4 is 9.74 Å². The highest BCUT2D eigenvalue weighted by Crippen LogP contribution is 2.41. The summed E-state index contributed by atoms with van der Waals surface area (Å²) >= 11 is 0. The van der Waals surface area contributed by atoms with Crippen LogP contribution in [0.1, 0.15) is 48.9 Å². The standard InChI is InChI=1S/C8H9F3N2O3S.C7H10N2O/c1-13-6(5-2-3-5)4-7(12-13)16-17(14,15)8(9,10)11;1-9-6(5-2-3-5)4-7(10)8-9/h4-5H,2-3H2,1H3;4-5H,2-3H2,1H3,(H,8,10). The van der Waals surface area contributed by atoms with Crippen molar-refractivity contribution in [1.82, 2.24) is 19.6 Å². The second-order valence-electron chi connectivity index (χ2n) is 6.67. The van der Waals surface area contributed by atoms with Gasteiger partial charge in [-0.3, -0.25) is 19.3 Å². The number of H-pyrrole nitrogens is 1. The van der Waals surface area contributed by atoms with E-state index in [1.54, 1.807) is 6.07 Å². The summed E-state index contributed by atoms with van der Waals surface area (Å²) in [5.74, 6) is 0.342. The highest BCUT2D eigenvalue weighted by Gasteiger charge is 2.49. The number of aryl methyl sites for hydroxylation is 2. The minimum atomic E-state index is -5.64. The van der Waals surface area contributed by atoms with Gasteiger partial charge in [-0.2, -0.15) is 21.6 Å². The molecule has 4 rings (SSSR count). The van der Waals surface area contributed by atoms with Crippen LogP contribution in [0, 0.1) is 0 Å². The van der Waals surface area contributed by atoms with E-state index < -0.39 is 21.5 Å². The van der Waals surface area contributed by atoms with Crippen LogP contribution in [-0.2, 0) is 24.2 Å². The predicted octanol–water partition coefficient (Wildman–Crippen LogP) is 2.12. The summed E-state index contributed by atoms with van der Waals surface area (Å²) in [7, 11) is -2.22. The van der Waals surface area contributed by atoms with Gasteiger partial charge in [0.25, 0.3) is 11.4 Å². The van der Waals surface area contributed by atoms with E-state index in [2.05, 4.69) is 14.4 Å². The third-order valence-electron chi connectivity index (χ3n) is 4.31. The van der Waals surface area contributed by atoms with Crippen LogP contribution in [0.5, 0.6) is 5.88 Å². The first kappa shape index (κ1) is 19.5. The Kier molecular flexibility index (Phi) is 4.87. The Bertz CT molecular complexity index is 982. The first-order valence-electron chi connectivity index (χ1n) is 8.28. The van der Waals surface area contributed by atoms with Crippen molar-refractivity contribution in [1.29, 1.82) is 0 Å². The third kappa shape index (κ3) is 4.54. The SMILES string of the molecule is Cn1[nH]c(=O)cc1C1CC1.Cn1nc(OS(=O)(=O)C(F)(F)F)cc1C1CC1. The third-order valence-corrected chi connectivity index (χ3v) is 5.26. The first-order chi connectivity index (χ1) is 12.5. The van der Waals surface area contributed by atoms with E-state index in [9.17, 15) is 26.4 Å². The molecule has 2 heterocycles. The van der Waals surface area contributed by atoms with Crippen LogP contribution in [0.2, 0.25) is 0 Å². The fourth-order valence-electron chi connectivity index (χ4n) is 2.68. The van der Waals surface area contributed by atoms with Crippen LogP contribution in [0.3, 0.4) is 0 Å². The van der Waals surface area contributed by atoms with Crippen LogP contribution in [0.25, 0.3) is 0 Å². The lowest BCUT2D eigenvalue weighted by molar-refractivity contribution is -0.0501. The van der Waals surface area contributed by atoms with Gasteiger partial charge < -0.3 is 4.18 Å². The van der Waals surface area contributed by atoms with Crippen LogP contribution in [0.4, 0.5) is 13.2 Å². The number of nitrogens with zero attached hydrogens (tertiary/aromatic N) is 3. The van der Waals surface area contributed by atoms with Gasteiger partial charge in [0, 0.05) is 49.5 Å². The highest BCUT2D eigenvalue weighted by molar-refractivity contribution is 7.87. The second-order valence-corrected chi connectivity index (χ2v) is 8.20. The van der Waals surface area contributed by atoms with Crippen molar-refractivity contribution in [2.75, 3.05) is 0 Å². The molecule has 0 radical (unpaired) electrons. The average Bonchev–Trinajstić information content (AvgIpc) is 3.44. The molecule has 2 aromatic heterocycles. The summed E-state index contributed by atoms with van der Waals surface area (Å²) < 4.78 is 64.7. The van der Waals surface area contributed by atoms with Gasteiger partial charge in [-0.1, -0.05) is 0 Å². The highest BCUT2D eigenvalue weighted by atomic mass is 32.2. The Morgan fingerprint density at radius 1 is 1.11 bits per heavy atom. The van der Waals surface area contributed by atoms with Crippen LogP contribution >= 0.6 is 0 Å². The van der Waals surface area contributed by atoms with E-state index in [1.807, 2.05) is 11.7 Å². The zero-order valence-electron chi connectivity index (χ0n) is 14.7. The molecule has 1 N–H and O–H groups in total. The number of alkyl halides is 3. The Labute approximate surface area is 153 Å². The Morgan fingerprint density at radius 3 is 2.11 bits per heavy atom. The summed E-state index contributed by atoms with van der Waals surface area (Å²) in [5.41, 5.74) is -3.59. The molecule has 0 unspecified atom stereocenters. The van der Waals surface area contributed by atoms with Crippen molar-refractivity contribution in [2.24, 2.45) is 14.1 Å². The van der Waals surface area contributed by atoms with E-state index in [-0.39, 0.29) is 11.5 Å². The van der Waals surface area contributed by atoms with Gasteiger partial charge in [0.05, 0.1) is 0 Å². The lowest BCUT2D eigenvalue weighted by Gasteiger charge is -2.06. The number of aromatic nitrogens is 4. The molecular weight excluding hydrogens is 389 g/mol. The fourth-order valence-corrected chi connectivity index (χ4v) is 3.08. The van der Waals surface area contributed by atoms with Crippen LogP contribution in [0.15, 0.2) is 16.9 Å². The van der Waals surface area contributed by atoms with Gasteiger partial charge in [-0.05, 0) is 25.7 Å². The van der Waals surface area contributed by atoms with Crippen molar-refractivity contribution >= 4 is 10.1 Å². The van der Waals surface area contributed by atoms with E-state index >= 15 is 0 Å². The van der Waals surface area contributed by atoms with Gasteiger partial charge >= 0.3 is 15.6 Å². The van der Waals surface area contributed by atoms with Crippen molar-refractivity contribution in [3.63, 3.8) is 0 Å². The van der Waals surface area contributed by atoms with Gasteiger partial charge in [0.2, 0.25) is 0 Å². The molecule has 0 amide bonds. The van der Waals surface area contributed by atoms with Crippen LogP contribution in [-0.4, -0.2) is 33.5 Å². The summed E-state index contributed by atoms with van der Waals surface area (Å²) in [5, 5.41) is 6.28. The van der Waals surface area contributed by atoms with Crippen molar-refractivity contribution < 1.29 is 25.8 Å². The molecule has 150 valence electrons. The first-order valence-corrected chi connectivity index (χ1v) is 9.69. The van der Waals surface area contributed by atoms with Crippen molar-refractivity contribution in [3.8, 4) is 5.88 Å². The van der Waals surface area contributed by atoms with Crippen molar-refractivity contribution in [2.45, 2.75) is 43.0 Å². The smallest absolute Gasteiger partial charge is 0.354 e. The molecule has 27 heavy (non-hydrogen) atoms. The zero-order chi connectivity index (χ0) is 20.0. The lowest BCUT2D eigenvalue weighted by atomic mass is 10.3. The van der Waals surface area contributed by atoms with Gasteiger partial charge in [0.1, 0.15) is 0 Å². The normalized spacial score (nSPS) is 17.4. The largest absolute Gasteiger partial charge is 0.534 e. The quantitative estimate of drug-likeness (QED) is 0.617. The molecule has 12 heteroatoms. The molecule has 2 aliphatic rings. The summed E-state index contributed by atoms with van der Waals surface area (Å²) in [6, 6.07) is 2.92. The molecule has 0 atom stereocenters. The Hall–Kier alpha value is -2.24. The van der Waals surface area contributed by atoms with Gasteiger partial charge in [0.15, 0.2) is 0 Å². The molecule has 8 nitrogen and oxygen atoms in total. The second kappa shape index (κ2) is 6.73. The monoisotopic (exact) mass is 408 g/mol. The molecule has 0 bridgehead atoms. The summed E-state index contributed by atoms with van der Waals surface area (Å²) in [6.07, 6.45) is 4.33. The maximum Gasteiger partial charge on any atom is 0.534 e. The number of nitrogens with one attached hydrogen (secondary N) is 1. The maximum absolute atomic E-state index is 12.0. The number of aromatic amines is 1. The van der Waals surface area contributed by atoms with E-state index in [0.717, 1.165) is 18.5 Å². The van der Waals surface area contributed by atoms with Crippen molar-refractivity contribution in [3.05, 3.63) is 33.9 Å². The Morgan fingerprint density at radius 2 is 1.67 bits per heavy atom. The van der Waals surface area contributed by atoms with E-state index in [1.165, 1.54) is 30.6 Å². The number of hydrogen-bond acceptors (Lipinski definition) is 5. The molecule has 0 spiro atoms. The fraction of sp³-hybridized carbons (Fsp3) is 0.600. The molecule has 0 saturated heterocycles. The minimum absolute atomic E-state index is 0.0180. The van der Waals surface area contributed by atoms with E-state index in [0.29, 0.717) is 11.6 Å². The lowest BCUT2D eigenvalue weighted by Crippen LogP contribution is -2.28. The molecule has 2 aromatic rings. The summed E-state index contributed by atoms with van der Waals surface area (Å²) in [4.78, 5) is 10.8. The average molecular weight is 408 g/mol. The molecule has 2 aliphatic carbocycles. The predicted molar refractivity (Wildman–Crippen MR) is 88.8 cm³/mol. The molecule has 2 fully saturated rings. The molecule has 2 saturated carbocycles. The molecule has 0 aliphatic heterocycles. The number of hydrogen-bond donors (Lipinski definition) is 1. The molecular formula is C15H19F3N4O4S. The van der Waals surface area contributed by atoms with E-state index in [4.69, 9.17) is 0 Å². The summed E-state index contributed by atoms with van der Waals surface area (Å²) in [6.45, 7) is 0. The molecule has 0 aromatic carbocycles. The number of rotatable bonds is 4. The minimum Gasteiger partial charge on any atom is -0.354 e. The number of halogens is 3. The Balaban J connectivity index is 0.000000177. The topological polar surface area (TPSA) is 99.0 Å². The zero-order valence-corrected chi connectivity index (χ0v) is 15.5.